The van der Waals surface area contributed by atoms with Crippen LogP contribution in [-0.2, 0) is 4.79 Å². The molecule has 1 fully saturated rings. The van der Waals surface area contributed by atoms with Gasteiger partial charge in [0.25, 0.3) is 5.69 Å². The Hall–Kier alpha value is -2.31. The zero-order chi connectivity index (χ0) is 15.2. The Morgan fingerprint density at radius 1 is 1.38 bits per heavy atom. The highest BCUT2D eigenvalue weighted by Gasteiger charge is 2.19. The van der Waals surface area contributed by atoms with Crippen LogP contribution in [-0.4, -0.2) is 30.0 Å². The van der Waals surface area contributed by atoms with Crippen molar-refractivity contribution >= 4 is 23.0 Å². The summed E-state index contributed by atoms with van der Waals surface area (Å²) in [6.07, 6.45) is 2.15. The lowest BCUT2D eigenvalue weighted by Gasteiger charge is -2.24. The first-order valence-corrected chi connectivity index (χ1v) is 7.15. The molecule has 1 aromatic rings. The summed E-state index contributed by atoms with van der Waals surface area (Å²) in [4.78, 5) is 21.7. The SMILES string of the molecule is CCCNc1cc(NC2CCC(=O)NC2)cc([N+](=O)[O-])c1. The molecule has 1 aliphatic rings. The maximum atomic E-state index is 11.1. The molecule has 7 heteroatoms. The van der Waals surface area contributed by atoms with Gasteiger partial charge in [0.15, 0.2) is 0 Å². The van der Waals surface area contributed by atoms with Gasteiger partial charge in [-0.3, -0.25) is 14.9 Å². The second kappa shape index (κ2) is 6.92. The Balaban J connectivity index is 2.11. The Bertz CT molecular complexity index is 523. The third-order valence-corrected chi connectivity index (χ3v) is 3.34. The molecule has 7 nitrogen and oxygen atoms in total. The number of anilines is 2. The van der Waals surface area contributed by atoms with Crippen molar-refractivity contribution in [3.05, 3.63) is 28.3 Å². The summed E-state index contributed by atoms with van der Waals surface area (Å²) in [6, 6.07) is 5.01. The van der Waals surface area contributed by atoms with E-state index < -0.39 is 4.92 Å². The smallest absolute Gasteiger partial charge is 0.273 e. The lowest BCUT2D eigenvalue weighted by molar-refractivity contribution is -0.384. The molecular formula is C14H20N4O3. The largest absolute Gasteiger partial charge is 0.385 e. The molecule has 1 atom stereocenters. The molecule has 1 unspecified atom stereocenters. The first-order chi connectivity index (χ1) is 10.1. The van der Waals surface area contributed by atoms with Gasteiger partial charge in [0.1, 0.15) is 0 Å². The van der Waals surface area contributed by atoms with Gasteiger partial charge in [-0.25, -0.2) is 0 Å². The quantitative estimate of drug-likeness (QED) is 0.551. The zero-order valence-corrected chi connectivity index (χ0v) is 12.0. The average molecular weight is 292 g/mol. The highest BCUT2D eigenvalue weighted by atomic mass is 16.6. The Morgan fingerprint density at radius 2 is 2.14 bits per heavy atom. The fourth-order valence-corrected chi connectivity index (χ4v) is 2.26. The number of hydrogen-bond acceptors (Lipinski definition) is 5. The second-order valence-corrected chi connectivity index (χ2v) is 5.14. The molecule has 1 saturated heterocycles. The van der Waals surface area contributed by atoms with Crippen molar-refractivity contribution in [1.29, 1.82) is 0 Å². The monoisotopic (exact) mass is 292 g/mol. The lowest BCUT2D eigenvalue weighted by atomic mass is 10.1. The van der Waals surface area contributed by atoms with Gasteiger partial charge < -0.3 is 16.0 Å². The molecule has 1 aromatic carbocycles. The first-order valence-electron chi connectivity index (χ1n) is 7.15. The molecule has 0 aliphatic carbocycles. The predicted molar refractivity (Wildman–Crippen MR) is 81.5 cm³/mol. The number of amides is 1. The van der Waals surface area contributed by atoms with E-state index in [-0.39, 0.29) is 17.6 Å². The molecule has 0 bridgehead atoms. The number of benzene rings is 1. The summed E-state index contributed by atoms with van der Waals surface area (Å²) in [5.74, 6) is 0.0531. The van der Waals surface area contributed by atoms with E-state index in [0.29, 0.717) is 18.7 Å². The van der Waals surface area contributed by atoms with Crippen LogP contribution in [0.2, 0.25) is 0 Å². The van der Waals surface area contributed by atoms with Crippen LogP contribution in [0.5, 0.6) is 0 Å². The molecular weight excluding hydrogens is 272 g/mol. The van der Waals surface area contributed by atoms with Crippen molar-refractivity contribution in [1.82, 2.24) is 5.32 Å². The summed E-state index contributed by atoms with van der Waals surface area (Å²) in [7, 11) is 0. The molecule has 21 heavy (non-hydrogen) atoms. The molecule has 2 rings (SSSR count). The second-order valence-electron chi connectivity index (χ2n) is 5.14. The van der Waals surface area contributed by atoms with Gasteiger partial charge >= 0.3 is 0 Å². The molecule has 1 heterocycles. The van der Waals surface area contributed by atoms with Crippen LogP contribution in [0.4, 0.5) is 17.1 Å². The number of nitrogens with one attached hydrogen (secondary N) is 3. The summed E-state index contributed by atoms with van der Waals surface area (Å²) >= 11 is 0. The molecule has 0 radical (unpaired) electrons. The van der Waals surface area contributed by atoms with E-state index in [1.807, 2.05) is 13.0 Å². The molecule has 3 N–H and O–H groups in total. The van der Waals surface area contributed by atoms with Crippen molar-refractivity contribution in [3.8, 4) is 0 Å². The minimum absolute atomic E-state index is 0.0531. The van der Waals surface area contributed by atoms with Crippen molar-refractivity contribution in [2.75, 3.05) is 23.7 Å². The number of hydrogen-bond donors (Lipinski definition) is 3. The van der Waals surface area contributed by atoms with Gasteiger partial charge in [-0.05, 0) is 18.9 Å². The molecule has 0 saturated carbocycles. The van der Waals surface area contributed by atoms with Crippen LogP contribution < -0.4 is 16.0 Å². The van der Waals surface area contributed by atoms with Crippen LogP contribution >= 0.6 is 0 Å². The zero-order valence-electron chi connectivity index (χ0n) is 12.0. The molecule has 0 spiro atoms. The average Bonchev–Trinajstić information content (AvgIpc) is 2.47. The fraction of sp³-hybridized carbons (Fsp3) is 0.500. The van der Waals surface area contributed by atoms with E-state index in [9.17, 15) is 14.9 Å². The normalized spacial score (nSPS) is 18.0. The maximum Gasteiger partial charge on any atom is 0.273 e. The summed E-state index contributed by atoms with van der Waals surface area (Å²) in [5.41, 5.74) is 1.48. The van der Waals surface area contributed by atoms with Gasteiger partial charge in [-0.15, -0.1) is 0 Å². The van der Waals surface area contributed by atoms with Crippen LogP contribution in [0.1, 0.15) is 26.2 Å². The van der Waals surface area contributed by atoms with E-state index >= 15 is 0 Å². The number of nitro benzene ring substituents is 1. The lowest BCUT2D eigenvalue weighted by Crippen LogP contribution is -2.41. The van der Waals surface area contributed by atoms with E-state index in [1.165, 1.54) is 12.1 Å². The summed E-state index contributed by atoms with van der Waals surface area (Å²) < 4.78 is 0. The van der Waals surface area contributed by atoms with Crippen LogP contribution in [0.15, 0.2) is 18.2 Å². The van der Waals surface area contributed by atoms with Gasteiger partial charge in [0, 0.05) is 49.1 Å². The first kappa shape index (κ1) is 15.1. The molecule has 1 amide bonds. The number of carbonyl (C=O) groups is 1. The molecule has 0 aromatic heterocycles. The minimum Gasteiger partial charge on any atom is -0.385 e. The molecule has 1 aliphatic heterocycles. The van der Waals surface area contributed by atoms with Crippen molar-refractivity contribution in [2.45, 2.75) is 32.2 Å². The predicted octanol–water partition coefficient (Wildman–Crippen LogP) is 2.11. The third kappa shape index (κ3) is 4.34. The fourth-order valence-electron chi connectivity index (χ4n) is 2.26. The van der Waals surface area contributed by atoms with Gasteiger partial charge in [0.2, 0.25) is 5.91 Å². The van der Waals surface area contributed by atoms with E-state index in [4.69, 9.17) is 0 Å². The van der Waals surface area contributed by atoms with Crippen molar-refractivity contribution in [3.63, 3.8) is 0 Å². The maximum absolute atomic E-state index is 11.1. The van der Waals surface area contributed by atoms with Gasteiger partial charge in [-0.1, -0.05) is 6.92 Å². The Kier molecular flexibility index (Phi) is 4.97. The topological polar surface area (TPSA) is 96.3 Å². The highest BCUT2D eigenvalue weighted by Crippen LogP contribution is 2.25. The van der Waals surface area contributed by atoms with Crippen molar-refractivity contribution < 1.29 is 9.72 Å². The van der Waals surface area contributed by atoms with E-state index in [2.05, 4.69) is 16.0 Å². The summed E-state index contributed by atoms with van der Waals surface area (Å²) in [6.45, 7) is 3.34. The summed E-state index contributed by atoms with van der Waals surface area (Å²) in [5, 5.41) is 20.2. The Labute approximate surface area is 123 Å². The number of rotatable bonds is 6. The Morgan fingerprint density at radius 3 is 2.76 bits per heavy atom. The van der Waals surface area contributed by atoms with Crippen LogP contribution in [0.3, 0.4) is 0 Å². The van der Waals surface area contributed by atoms with Gasteiger partial charge in [0.05, 0.1) is 4.92 Å². The molecule has 114 valence electrons. The van der Waals surface area contributed by atoms with Crippen molar-refractivity contribution in [2.24, 2.45) is 0 Å². The number of non-ortho nitro benzene ring substituents is 1. The van der Waals surface area contributed by atoms with E-state index in [1.54, 1.807) is 0 Å². The third-order valence-electron chi connectivity index (χ3n) is 3.34. The minimum atomic E-state index is -0.398. The number of nitrogens with zero attached hydrogens (tertiary/aromatic N) is 1. The van der Waals surface area contributed by atoms with Crippen LogP contribution in [0, 0.1) is 10.1 Å². The number of nitro groups is 1. The number of piperidine rings is 1. The van der Waals surface area contributed by atoms with Crippen LogP contribution in [0.25, 0.3) is 0 Å². The number of carbonyl (C=O) groups excluding carboxylic acids is 1. The highest BCUT2D eigenvalue weighted by molar-refractivity contribution is 5.77. The van der Waals surface area contributed by atoms with E-state index in [0.717, 1.165) is 25.1 Å². The van der Waals surface area contributed by atoms with Gasteiger partial charge in [-0.2, -0.15) is 0 Å². The standard InChI is InChI=1S/C14H20N4O3/c1-2-5-15-11-6-12(8-13(7-11)18(20)21)17-10-3-4-14(19)16-9-10/h6-8,10,15,17H,2-5,9H2,1H3,(H,16,19).